The molecular weight excluding hydrogens is 298 g/mol. The van der Waals surface area contributed by atoms with Gasteiger partial charge in [-0.25, -0.2) is 0 Å². The molecule has 1 saturated heterocycles. The van der Waals surface area contributed by atoms with Crippen molar-refractivity contribution in [1.29, 1.82) is 0 Å². The number of nitrogens with zero attached hydrogens (tertiary/aromatic N) is 1. The van der Waals surface area contributed by atoms with Gasteiger partial charge in [-0.05, 0) is 24.5 Å². The lowest BCUT2D eigenvalue weighted by Crippen LogP contribution is -2.43. The molecule has 2 radical (unpaired) electrons. The lowest BCUT2D eigenvalue weighted by molar-refractivity contribution is -0.126. The van der Waals surface area contributed by atoms with E-state index in [1.54, 1.807) is 6.92 Å². The minimum atomic E-state index is -0.0143. The average Bonchev–Trinajstić information content (AvgIpc) is 2.63. The number of hydrogen-bond acceptors (Lipinski definition) is 3. The highest BCUT2D eigenvalue weighted by atomic mass is 16.5. The summed E-state index contributed by atoms with van der Waals surface area (Å²) in [5.74, 6) is 0.193. The molecule has 0 aliphatic carbocycles. The van der Waals surface area contributed by atoms with Gasteiger partial charge in [0.2, 0.25) is 0 Å². The van der Waals surface area contributed by atoms with Gasteiger partial charge < -0.3 is 4.74 Å². The quantitative estimate of drug-likeness (QED) is 0.812. The topological polar surface area (TPSA) is 29.5 Å². The summed E-state index contributed by atoms with van der Waals surface area (Å²) < 4.78 is 5.71. The molecule has 0 saturated carbocycles. The molecule has 0 aromatic heterocycles. The number of carbonyl (C=O) groups is 1. The van der Waals surface area contributed by atoms with E-state index < -0.39 is 0 Å². The van der Waals surface area contributed by atoms with Crippen LogP contribution in [0.5, 0.6) is 0 Å². The van der Waals surface area contributed by atoms with Crippen molar-refractivity contribution in [2.45, 2.75) is 19.4 Å². The first-order valence-corrected chi connectivity index (χ1v) is 8.38. The van der Waals surface area contributed by atoms with E-state index in [9.17, 15) is 4.79 Å². The van der Waals surface area contributed by atoms with Gasteiger partial charge in [0.25, 0.3) is 0 Å². The molecule has 1 aliphatic rings. The largest absolute Gasteiger partial charge is 0.379 e. The van der Waals surface area contributed by atoms with Crippen molar-refractivity contribution < 1.29 is 9.53 Å². The Morgan fingerprint density at radius 3 is 2.00 bits per heavy atom. The zero-order chi connectivity index (χ0) is 16.8. The smallest absolute Gasteiger partial charge is 0.135 e. The van der Waals surface area contributed by atoms with Gasteiger partial charge >= 0.3 is 0 Å². The van der Waals surface area contributed by atoms with Crippen molar-refractivity contribution in [2.75, 3.05) is 13.2 Å². The Bertz CT molecular complexity index is 600. The van der Waals surface area contributed by atoms with Crippen molar-refractivity contribution >= 4 is 5.78 Å². The van der Waals surface area contributed by atoms with E-state index in [1.165, 1.54) is 0 Å². The van der Waals surface area contributed by atoms with Crippen molar-refractivity contribution in [1.82, 2.24) is 4.90 Å². The zero-order valence-electron chi connectivity index (χ0n) is 14.0. The van der Waals surface area contributed by atoms with E-state index in [-0.39, 0.29) is 17.7 Å². The molecular formula is C21H23NO2. The van der Waals surface area contributed by atoms with Gasteiger partial charge in [-0.2, -0.15) is 0 Å². The van der Waals surface area contributed by atoms with Crippen LogP contribution < -0.4 is 0 Å². The molecule has 0 bridgehead atoms. The molecule has 3 nitrogen and oxygen atoms in total. The Hall–Kier alpha value is -1.97. The molecule has 24 heavy (non-hydrogen) atoms. The normalized spacial score (nSPS) is 20.9. The standard InChI is InChI=1S/C21H23NO2/c1-17(23)20-12-21(16-24-15-20)22(13-18-8-4-2-5-9-18)14-19-10-6-3-7-11-19/h2-11,13-14,20-21H,12,15-16H2,1H3. The van der Waals surface area contributed by atoms with Gasteiger partial charge in [0, 0.05) is 12.0 Å². The number of hydrogen-bond donors (Lipinski definition) is 0. The second-order valence-electron chi connectivity index (χ2n) is 6.26. The molecule has 0 N–H and O–H groups in total. The predicted molar refractivity (Wildman–Crippen MR) is 94.9 cm³/mol. The van der Waals surface area contributed by atoms with Crippen LogP contribution in [0.15, 0.2) is 60.7 Å². The molecule has 0 amide bonds. The van der Waals surface area contributed by atoms with Crippen LogP contribution >= 0.6 is 0 Å². The highest BCUT2D eigenvalue weighted by molar-refractivity contribution is 5.78. The van der Waals surface area contributed by atoms with E-state index in [0.29, 0.717) is 13.2 Å². The second-order valence-corrected chi connectivity index (χ2v) is 6.26. The van der Waals surface area contributed by atoms with Gasteiger partial charge in [0.1, 0.15) is 5.78 Å². The first kappa shape index (κ1) is 16.9. The van der Waals surface area contributed by atoms with E-state index >= 15 is 0 Å². The number of Topliss-reactive ketones (excluding diaryl/α,β-unsaturated/α-hetero) is 1. The molecule has 2 aromatic carbocycles. The predicted octanol–water partition coefficient (Wildman–Crippen LogP) is 3.70. The third-order valence-corrected chi connectivity index (χ3v) is 4.38. The van der Waals surface area contributed by atoms with Crippen LogP contribution in [0.2, 0.25) is 0 Å². The van der Waals surface area contributed by atoms with Crippen molar-refractivity contribution in [3.63, 3.8) is 0 Å². The summed E-state index contributed by atoms with van der Waals surface area (Å²) in [4.78, 5) is 14.0. The number of carbonyl (C=O) groups excluding carboxylic acids is 1. The molecule has 3 rings (SSSR count). The van der Waals surface area contributed by atoms with Crippen LogP contribution in [0.4, 0.5) is 0 Å². The fourth-order valence-corrected chi connectivity index (χ4v) is 2.97. The summed E-state index contributed by atoms with van der Waals surface area (Å²) in [5, 5.41) is 0. The molecule has 124 valence electrons. The summed E-state index contributed by atoms with van der Waals surface area (Å²) in [7, 11) is 0. The summed E-state index contributed by atoms with van der Waals surface area (Å²) in [6, 6.07) is 20.6. The Morgan fingerprint density at radius 1 is 0.958 bits per heavy atom. The molecule has 0 spiro atoms. The van der Waals surface area contributed by atoms with Gasteiger partial charge in [-0.3, -0.25) is 9.69 Å². The van der Waals surface area contributed by atoms with Crippen LogP contribution in [0, 0.1) is 19.0 Å². The number of ether oxygens (including phenoxy) is 1. The van der Waals surface area contributed by atoms with Gasteiger partial charge in [0.15, 0.2) is 0 Å². The fourth-order valence-electron chi connectivity index (χ4n) is 2.97. The second kappa shape index (κ2) is 8.22. The lowest BCUT2D eigenvalue weighted by Gasteiger charge is -2.36. The maximum absolute atomic E-state index is 11.8. The summed E-state index contributed by atoms with van der Waals surface area (Å²) in [6.45, 7) is 7.09. The number of benzene rings is 2. The summed E-state index contributed by atoms with van der Waals surface area (Å²) in [6.07, 6.45) is 0.821. The molecule has 2 atom stereocenters. The first-order chi connectivity index (χ1) is 11.7. The molecule has 3 heteroatoms. The summed E-state index contributed by atoms with van der Waals surface area (Å²) >= 11 is 0. The van der Waals surface area contributed by atoms with Crippen molar-refractivity contribution in [3.8, 4) is 0 Å². The monoisotopic (exact) mass is 321 g/mol. The SMILES string of the molecule is CC(=O)C1COCC(N([CH]c2ccccc2)[CH]c2ccccc2)C1. The third kappa shape index (κ3) is 4.53. The Morgan fingerprint density at radius 2 is 1.50 bits per heavy atom. The average molecular weight is 321 g/mol. The molecule has 2 unspecified atom stereocenters. The molecule has 1 aliphatic heterocycles. The minimum Gasteiger partial charge on any atom is -0.379 e. The van der Waals surface area contributed by atoms with E-state index in [1.807, 2.05) is 36.4 Å². The molecule has 2 aromatic rings. The van der Waals surface area contributed by atoms with Gasteiger partial charge in [-0.1, -0.05) is 60.7 Å². The molecule has 1 heterocycles. The van der Waals surface area contributed by atoms with Gasteiger partial charge in [0.05, 0.1) is 26.3 Å². The first-order valence-electron chi connectivity index (χ1n) is 8.38. The van der Waals surface area contributed by atoms with Crippen LogP contribution in [-0.4, -0.2) is 29.9 Å². The van der Waals surface area contributed by atoms with Gasteiger partial charge in [-0.15, -0.1) is 0 Å². The Kier molecular flexibility index (Phi) is 5.78. The van der Waals surface area contributed by atoms with E-state index in [0.717, 1.165) is 17.5 Å². The number of rotatable bonds is 6. The van der Waals surface area contributed by atoms with Crippen LogP contribution in [0.25, 0.3) is 0 Å². The van der Waals surface area contributed by atoms with Crippen LogP contribution in [-0.2, 0) is 9.53 Å². The Balaban J connectivity index is 1.77. The van der Waals surface area contributed by atoms with Crippen molar-refractivity contribution in [2.24, 2.45) is 5.92 Å². The maximum Gasteiger partial charge on any atom is 0.135 e. The maximum atomic E-state index is 11.8. The molecule has 1 fully saturated rings. The lowest BCUT2D eigenvalue weighted by atomic mass is 9.93. The minimum absolute atomic E-state index is 0.0143. The zero-order valence-corrected chi connectivity index (χ0v) is 14.0. The Labute approximate surface area is 144 Å². The van der Waals surface area contributed by atoms with E-state index in [4.69, 9.17) is 4.74 Å². The summed E-state index contributed by atoms with van der Waals surface area (Å²) in [5.41, 5.74) is 2.27. The van der Waals surface area contributed by atoms with Crippen molar-refractivity contribution in [3.05, 3.63) is 84.9 Å². The fraction of sp³-hybridized carbons (Fsp3) is 0.286. The third-order valence-electron chi connectivity index (χ3n) is 4.38. The van der Waals surface area contributed by atoms with Crippen LogP contribution in [0.1, 0.15) is 24.5 Å². The number of ketones is 1. The highest BCUT2D eigenvalue weighted by Gasteiger charge is 2.30. The highest BCUT2D eigenvalue weighted by Crippen LogP contribution is 2.25. The van der Waals surface area contributed by atoms with E-state index in [2.05, 4.69) is 42.3 Å². The van der Waals surface area contributed by atoms with Crippen LogP contribution in [0.3, 0.4) is 0 Å².